The minimum absolute atomic E-state index is 0.151. The minimum atomic E-state index is -0.404. The van der Waals surface area contributed by atoms with Crippen molar-refractivity contribution in [2.45, 2.75) is 23.9 Å². The zero-order chi connectivity index (χ0) is 19.2. The van der Waals surface area contributed by atoms with Crippen LogP contribution in [-0.2, 0) is 11.3 Å². The van der Waals surface area contributed by atoms with Crippen molar-refractivity contribution < 1.29 is 23.1 Å². The summed E-state index contributed by atoms with van der Waals surface area (Å²) in [5.41, 5.74) is 0.696. The maximum atomic E-state index is 12.2. The van der Waals surface area contributed by atoms with E-state index in [4.69, 9.17) is 18.3 Å². The van der Waals surface area contributed by atoms with E-state index in [0.29, 0.717) is 40.5 Å². The zero-order valence-electron chi connectivity index (χ0n) is 15.1. The number of carbonyl (C=O) groups excluding carboxylic acids is 1. The second-order valence-electron chi connectivity index (χ2n) is 5.50. The van der Waals surface area contributed by atoms with Crippen LogP contribution in [0.3, 0.4) is 0 Å². The summed E-state index contributed by atoms with van der Waals surface area (Å²) < 4.78 is 21.3. The average molecular weight is 389 g/mol. The second-order valence-corrected chi connectivity index (χ2v) is 6.79. The summed E-state index contributed by atoms with van der Waals surface area (Å²) in [6, 6.07) is 8.87. The van der Waals surface area contributed by atoms with Gasteiger partial charge in [-0.3, -0.25) is 4.79 Å². The molecule has 0 unspecified atom stereocenters. The topological polar surface area (TPSA) is 99.6 Å². The molecular weight excluding hydrogens is 370 g/mol. The molecule has 142 valence electrons. The molecule has 0 radical (unpaired) electrons. The van der Waals surface area contributed by atoms with E-state index in [-0.39, 0.29) is 5.91 Å². The number of nitrogens with one attached hydrogen (secondary N) is 1. The van der Waals surface area contributed by atoms with Crippen LogP contribution >= 0.6 is 11.8 Å². The van der Waals surface area contributed by atoms with Gasteiger partial charge in [0.05, 0.1) is 32.3 Å². The number of furan rings is 1. The van der Waals surface area contributed by atoms with Crippen molar-refractivity contribution in [3.05, 3.63) is 42.4 Å². The van der Waals surface area contributed by atoms with Gasteiger partial charge in [0.1, 0.15) is 5.76 Å². The number of nitrogens with zero attached hydrogens (tertiary/aromatic N) is 2. The van der Waals surface area contributed by atoms with Gasteiger partial charge in [-0.15, -0.1) is 10.2 Å². The molecule has 0 fully saturated rings. The number of methoxy groups -OCH3 is 2. The lowest BCUT2D eigenvalue weighted by Crippen LogP contribution is -2.30. The lowest BCUT2D eigenvalue weighted by molar-refractivity contribution is -0.120. The molecule has 0 aliphatic carbocycles. The van der Waals surface area contributed by atoms with Gasteiger partial charge in [0.25, 0.3) is 5.22 Å². The van der Waals surface area contributed by atoms with E-state index < -0.39 is 5.25 Å². The first-order valence-corrected chi connectivity index (χ1v) is 9.01. The number of carbonyl (C=O) groups is 1. The van der Waals surface area contributed by atoms with Crippen LogP contribution in [0.1, 0.15) is 12.7 Å². The minimum Gasteiger partial charge on any atom is -0.493 e. The molecule has 9 heteroatoms. The first kappa shape index (κ1) is 18.8. The highest BCUT2D eigenvalue weighted by Crippen LogP contribution is 2.33. The number of hydrogen-bond donors (Lipinski definition) is 1. The van der Waals surface area contributed by atoms with Crippen molar-refractivity contribution in [3.63, 3.8) is 0 Å². The molecule has 3 rings (SSSR count). The molecule has 1 aromatic carbocycles. The molecule has 2 aromatic heterocycles. The van der Waals surface area contributed by atoms with Crippen molar-refractivity contribution in [1.29, 1.82) is 0 Å². The average Bonchev–Trinajstić information content (AvgIpc) is 3.37. The van der Waals surface area contributed by atoms with Crippen molar-refractivity contribution in [2.75, 3.05) is 14.2 Å². The smallest absolute Gasteiger partial charge is 0.277 e. The summed E-state index contributed by atoms with van der Waals surface area (Å²) in [7, 11) is 3.12. The van der Waals surface area contributed by atoms with Crippen LogP contribution in [0.15, 0.2) is 50.7 Å². The van der Waals surface area contributed by atoms with Crippen molar-refractivity contribution in [2.24, 2.45) is 0 Å². The van der Waals surface area contributed by atoms with E-state index in [1.165, 1.54) is 11.8 Å². The first-order valence-electron chi connectivity index (χ1n) is 8.13. The van der Waals surface area contributed by atoms with Crippen LogP contribution in [0.25, 0.3) is 11.5 Å². The Labute approximate surface area is 160 Å². The number of ether oxygens (including phenoxy) is 2. The Morgan fingerprint density at radius 3 is 2.74 bits per heavy atom. The zero-order valence-corrected chi connectivity index (χ0v) is 15.9. The largest absolute Gasteiger partial charge is 0.493 e. The SMILES string of the molecule is COc1ccc(-c2nnc(S[C@@H](C)C(=O)NCc3ccco3)o2)cc1OC. The third kappa shape index (κ3) is 4.62. The number of amides is 1. The Balaban J connectivity index is 1.62. The van der Waals surface area contributed by atoms with Gasteiger partial charge in [0.15, 0.2) is 11.5 Å². The maximum Gasteiger partial charge on any atom is 0.277 e. The highest BCUT2D eigenvalue weighted by molar-refractivity contribution is 8.00. The van der Waals surface area contributed by atoms with Crippen LogP contribution in [0.4, 0.5) is 0 Å². The molecule has 0 aliphatic rings. The highest BCUT2D eigenvalue weighted by Gasteiger charge is 2.19. The van der Waals surface area contributed by atoms with Gasteiger partial charge >= 0.3 is 0 Å². The van der Waals surface area contributed by atoms with Gasteiger partial charge in [0, 0.05) is 5.56 Å². The molecule has 3 aromatic rings. The van der Waals surface area contributed by atoms with Gasteiger partial charge in [-0.25, -0.2) is 0 Å². The third-order valence-electron chi connectivity index (χ3n) is 3.70. The predicted molar refractivity (Wildman–Crippen MR) is 98.7 cm³/mol. The monoisotopic (exact) mass is 389 g/mol. The standard InChI is InChI=1S/C18H19N3O5S/c1-11(16(22)19-10-13-5-4-8-25-13)27-18-21-20-17(26-18)12-6-7-14(23-2)15(9-12)24-3/h4-9,11H,10H2,1-3H3,(H,19,22)/t11-/m0/s1. The Morgan fingerprint density at radius 1 is 1.22 bits per heavy atom. The molecule has 2 heterocycles. The number of aromatic nitrogens is 2. The summed E-state index contributed by atoms with van der Waals surface area (Å²) >= 11 is 1.18. The molecule has 0 bridgehead atoms. The lowest BCUT2D eigenvalue weighted by atomic mass is 10.2. The van der Waals surface area contributed by atoms with Crippen molar-refractivity contribution in [3.8, 4) is 23.0 Å². The predicted octanol–water partition coefficient (Wildman–Crippen LogP) is 3.14. The number of rotatable bonds is 8. The van der Waals surface area contributed by atoms with Gasteiger partial charge in [-0.2, -0.15) is 0 Å². The third-order valence-corrected chi connectivity index (χ3v) is 4.63. The lowest BCUT2D eigenvalue weighted by Gasteiger charge is -2.08. The Kier molecular flexibility index (Phi) is 6.02. The van der Waals surface area contributed by atoms with Crippen LogP contribution in [0.2, 0.25) is 0 Å². The van der Waals surface area contributed by atoms with E-state index in [1.807, 2.05) is 0 Å². The highest BCUT2D eigenvalue weighted by atomic mass is 32.2. The molecule has 27 heavy (non-hydrogen) atoms. The quantitative estimate of drug-likeness (QED) is 0.587. The fraction of sp³-hybridized carbons (Fsp3) is 0.278. The van der Waals surface area contributed by atoms with E-state index in [2.05, 4.69) is 15.5 Å². The van der Waals surface area contributed by atoms with Crippen LogP contribution in [0.5, 0.6) is 11.5 Å². The van der Waals surface area contributed by atoms with Gasteiger partial charge in [0.2, 0.25) is 11.8 Å². The Hall–Kier alpha value is -2.94. The van der Waals surface area contributed by atoms with Gasteiger partial charge in [-0.1, -0.05) is 11.8 Å². The van der Waals surface area contributed by atoms with Crippen LogP contribution in [0, 0.1) is 0 Å². The fourth-order valence-corrected chi connectivity index (χ4v) is 2.99. The van der Waals surface area contributed by atoms with E-state index in [1.54, 1.807) is 57.7 Å². The molecule has 1 atom stereocenters. The van der Waals surface area contributed by atoms with Crippen LogP contribution < -0.4 is 14.8 Å². The van der Waals surface area contributed by atoms with Gasteiger partial charge < -0.3 is 23.6 Å². The number of benzene rings is 1. The summed E-state index contributed by atoms with van der Waals surface area (Å²) in [5, 5.41) is 10.7. The number of thioether (sulfide) groups is 1. The fourth-order valence-electron chi connectivity index (χ4n) is 2.28. The van der Waals surface area contributed by atoms with E-state index in [0.717, 1.165) is 0 Å². The summed E-state index contributed by atoms with van der Waals surface area (Å²) in [6.07, 6.45) is 1.56. The maximum absolute atomic E-state index is 12.2. The molecule has 0 aliphatic heterocycles. The molecule has 0 saturated carbocycles. The van der Waals surface area contributed by atoms with E-state index >= 15 is 0 Å². The van der Waals surface area contributed by atoms with Crippen molar-refractivity contribution in [1.82, 2.24) is 15.5 Å². The Bertz CT molecular complexity index is 894. The Morgan fingerprint density at radius 2 is 2.04 bits per heavy atom. The number of hydrogen-bond acceptors (Lipinski definition) is 8. The summed E-state index contributed by atoms with van der Waals surface area (Å²) in [6.45, 7) is 2.10. The molecule has 8 nitrogen and oxygen atoms in total. The molecular formula is C18H19N3O5S. The molecule has 1 N–H and O–H groups in total. The molecule has 1 amide bonds. The van der Waals surface area contributed by atoms with E-state index in [9.17, 15) is 4.79 Å². The normalized spacial score (nSPS) is 11.8. The van der Waals surface area contributed by atoms with Crippen molar-refractivity contribution >= 4 is 17.7 Å². The van der Waals surface area contributed by atoms with Crippen LogP contribution in [-0.4, -0.2) is 35.6 Å². The summed E-state index contributed by atoms with van der Waals surface area (Å²) in [4.78, 5) is 12.2. The first-order chi connectivity index (χ1) is 13.1. The second kappa shape index (κ2) is 8.63. The summed E-state index contributed by atoms with van der Waals surface area (Å²) in [5.74, 6) is 2.04. The molecule has 0 spiro atoms. The van der Waals surface area contributed by atoms with Gasteiger partial charge in [-0.05, 0) is 37.3 Å². The molecule has 0 saturated heterocycles.